The van der Waals surface area contributed by atoms with Crippen molar-refractivity contribution < 1.29 is 8.91 Å². The van der Waals surface area contributed by atoms with E-state index in [2.05, 4.69) is 10.1 Å². The molecule has 0 bridgehead atoms. The number of benzene rings is 1. The number of rotatable bonds is 4. The Morgan fingerprint density at radius 1 is 1.41 bits per heavy atom. The first-order chi connectivity index (χ1) is 8.20. The van der Waals surface area contributed by atoms with Gasteiger partial charge in [-0.1, -0.05) is 30.3 Å². The van der Waals surface area contributed by atoms with Gasteiger partial charge in [0.1, 0.15) is 5.82 Å². The van der Waals surface area contributed by atoms with Gasteiger partial charge in [0.15, 0.2) is 5.82 Å². The number of nitrogens with zero attached hydrogens (tertiary/aromatic N) is 2. The lowest BCUT2D eigenvalue weighted by molar-refractivity contribution is 0.348. The van der Waals surface area contributed by atoms with Crippen LogP contribution in [0.2, 0.25) is 0 Å². The topological polar surface area (TPSA) is 64.9 Å². The van der Waals surface area contributed by atoms with Crippen LogP contribution >= 0.6 is 0 Å². The molecule has 4 nitrogen and oxygen atoms in total. The average molecular weight is 235 g/mol. The Morgan fingerprint density at radius 2 is 2.18 bits per heavy atom. The minimum absolute atomic E-state index is 0.253. The summed E-state index contributed by atoms with van der Waals surface area (Å²) in [6.07, 6.45) is 1.04. The number of hydrogen-bond donors (Lipinski definition) is 1. The first-order valence-electron chi connectivity index (χ1n) is 5.52. The van der Waals surface area contributed by atoms with E-state index in [1.807, 2.05) is 6.92 Å². The van der Waals surface area contributed by atoms with E-state index in [4.69, 9.17) is 10.3 Å². The normalized spacial score (nSPS) is 12.6. The number of hydrogen-bond acceptors (Lipinski definition) is 4. The van der Waals surface area contributed by atoms with E-state index < -0.39 is 0 Å². The standard InChI is InChI=1S/C12H14FN3O/c1-2-10(14)12-15-11(16-17-12)7-8-5-3-4-6-9(8)13/h3-6,10H,2,7,14H2,1H3. The highest BCUT2D eigenvalue weighted by Crippen LogP contribution is 2.14. The molecule has 1 unspecified atom stereocenters. The van der Waals surface area contributed by atoms with Crippen molar-refractivity contribution in [3.05, 3.63) is 47.4 Å². The fourth-order valence-electron chi connectivity index (χ4n) is 1.48. The summed E-state index contributed by atoms with van der Waals surface area (Å²) < 4.78 is 18.4. The molecule has 1 aromatic heterocycles. The van der Waals surface area contributed by atoms with E-state index in [1.54, 1.807) is 18.2 Å². The van der Waals surface area contributed by atoms with Crippen molar-refractivity contribution >= 4 is 0 Å². The summed E-state index contributed by atoms with van der Waals surface area (Å²) in [7, 11) is 0. The van der Waals surface area contributed by atoms with Gasteiger partial charge >= 0.3 is 0 Å². The predicted octanol–water partition coefficient (Wildman–Crippen LogP) is 2.21. The second-order valence-corrected chi connectivity index (χ2v) is 3.83. The maximum absolute atomic E-state index is 13.4. The van der Waals surface area contributed by atoms with Gasteiger partial charge in [0, 0.05) is 6.42 Å². The summed E-state index contributed by atoms with van der Waals surface area (Å²) in [6, 6.07) is 6.28. The molecule has 2 rings (SSSR count). The average Bonchev–Trinajstić information content (AvgIpc) is 2.80. The summed E-state index contributed by atoms with van der Waals surface area (Å²) in [5.74, 6) is 0.589. The number of aromatic nitrogens is 2. The molecule has 0 spiro atoms. The number of halogens is 1. The molecule has 0 aliphatic heterocycles. The maximum Gasteiger partial charge on any atom is 0.243 e. The molecule has 1 atom stereocenters. The van der Waals surface area contributed by atoms with Crippen LogP contribution in [0.3, 0.4) is 0 Å². The largest absolute Gasteiger partial charge is 0.338 e. The highest BCUT2D eigenvalue weighted by molar-refractivity contribution is 5.20. The lowest BCUT2D eigenvalue weighted by Crippen LogP contribution is -2.09. The molecule has 17 heavy (non-hydrogen) atoms. The van der Waals surface area contributed by atoms with Crippen molar-refractivity contribution in [1.29, 1.82) is 0 Å². The summed E-state index contributed by atoms with van der Waals surface area (Å²) >= 11 is 0. The Morgan fingerprint density at radius 3 is 2.88 bits per heavy atom. The zero-order valence-corrected chi connectivity index (χ0v) is 9.56. The van der Waals surface area contributed by atoms with E-state index in [1.165, 1.54) is 6.07 Å². The van der Waals surface area contributed by atoms with Crippen molar-refractivity contribution in [3.63, 3.8) is 0 Å². The summed E-state index contributed by atoms with van der Waals surface area (Å²) in [5, 5.41) is 3.79. The van der Waals surface area contributed by atoms with Crippen LogP contribution in [-0.4, -0.2) is 10.1 Å². The van der Waals surface area contributed by atoms with Gasteiger partial charge in [-0.15, -0.1) is 0 Å². The molecule has 5 heteroatoms. The van der Waals surface area contributed by atoms with Gasteiger partial charge in [-0.25, -0.2) is 4.39 Å². The van der Waals surface area contributed by atoms with Gasteiger partial charge in [-0.05, 0) is 18.1 Å². The minimum atomic E-state index is -0.265. The zero-order valence-electron chi connectivity index (χ0n) is 9.56. The molecule has 0 saturated carbocycles. The molecule has 2 N–H and O–H groups in total. The Labute approximate surface area is 98.6 Å². The van der Waals surface area contributed by atoms with Crippen molar-refractivity contribution in [3.8, 4) is 0 Å². The fourth-order valence-corrected chi connectivity index (χ4v) is 1.48. The minimum Gasteiger partial charge on any atom is -0.338 e. The van der Waals surface area contributed by atoms with Gasteiger partial charge < -0.3 is 10.3 Å². The molecule has 1 heterocycles. The summed E-state index contributed by atoms with van der Waals surface area (Å²) in [4.78, 5) is 4.15. The first kappa shape index (κ1) is 11.7. The highest BCUT2D eigenvalue weighted by atomic mass is 19.1. The monoisotopic (exact) mass is 235 g/mol. The van der Waals surface area contributed by atoms with Crippen molar-refractivity contribution in [1.82, 2.24) is 10.1 Å². The summed E-state index contributed by atoms with van der Waals surface area (Å²) in [6.45, 7) is 1.94. The van der Waals surface area contributed by atoms with Gasteiger partial charge in [-0.2, -0.15) is 4.98 Å². The van der Waals surface area contributed by atoms with Crippen LogP contribution in [0.15, 0.2) is 28.8 Å². The molecular weight excluding hydrogens is 221 g/mol. The molecule has 0 aliphatic rings. The van der Waals surface area contributed by atoms with Crippen LogP contribution < -0.4 is 5.73 Å². The van der Waals surface area contributed by atoms with E-state index in [0.29, 0.717) is 23.7 Å². The van der Waals surface area contributed by atoms with Crippen molar-refractivity contribution in [2.24, 2.45) is 5.73 Å². The molecule has 0 fully saturated rings. The summed E-state index contributed by atoms with van der Waals surface area (Å²) in [5.41, 5.74) is 6.31. The second-order valence-electron chi connectivity index (χ2n) is 3.83. The van der Waals surface area contributed by atoms with Crippen LogP contribution in [0.4, 0.5) is 4.39 Å². The van der Waals surface area contributed by atoms with Crippen LogP contribution in [0.25, 0.3) is 0 Å². The van der Waals surface area contributed by atoms with Crippen molar-refractivity contribution in [2.45, 2.75) is 25.8 Å². The SMILES string of the molecule is CCC(N)c1nc(Cc2ccccc2F)no1. The third-order valence-electron chi connectivity index (χ3n) is 2.55. The quantitative estimate of drug-likeness (QED) is 0.882. The molecule has 1 aromatic carbocycles. The smallest absolute Gasteiger partial charge is 0.243 e. The first-order valence-corrected chi connectivity index (χ1v) is 5.52. The van der Waals surface area contributed by atoms with Gasteiger partial charge in [0.25, 0.3) is 0 Å². The van der Waals surface area contributed by atoms with Crippen LogP contribution in [0, 0.1) is 5.82 Å². The third-order valence-corrected chi connectivity index (χ3v) is 2.55. The molecule has 2 aromatic rings. The Balaban J connectivity index is 2.14. The lowest BCUT2D eigenvalue weighted by atomic mass is 10.1. The lowest BCUT2D eigenvalue weighted by Gasteiger charge is -1.99. The molecule has 0 saturated heterocycles. The van der Waals surface area contributed by atoms with Gasteiger partial charge in [0.2, 0.25) is 5.89 Å². The Bertz CT molecular complexity index is 498. The Hall–Kier alpha value is -1.75. The molecule has 90 valence electrons. The maximum atomic E-state index is 13.4. The highest BCUT2D eigenvalue weighted by Gasteiger charge is 2.13. The van der Waals surface area contributed by atoms with E-state index >= 15 is 0 Å². The van der Waals surface area contributed by atoms with Crippen molar-refractivity contribution in [2.75, 3.05) is 0 Å². The second kappa shape index (κ2) is 5.05. The van der Waals surface area contributed by atoms with Crippen LogP contribution in [-0.2, 0) is 6.42 Å². The van der Waals surface area contributed by atoms with E-state index in [-0.39, 0.29) is 11.9 Å². The fraction of sp³-hybridized carbons (Fsp3) is 0.333. The third kappa shape index (κ3) is 2.68. The molecule has 0 amide bonds. The molecular formula is C12H14FN3O. The van der Waals surface area contributed by atoms with Gasteiger partial charge in [-0.3, -0.25) is 0 Å². The molecule has 0 aliphatic carbocycles. The van der Waals surface area contributed by atoms with Gasteiger partial charge in [0.05, 0.1) is 6.04 Å². The Kier molecular flexibility index (Phi) is 3.49. The van der Waals surface area contributed by atoms with E-state index in [0.717, 1.165) is 6.42 Å². The molecule has 0 radical (unpaired) electrons. The number of nitrogens with two attached hydrogens (primary N) is 1. The predicted molar refractivity (Wildman–Crippen MR) is 60.7 cm³/mol. The van der Waals surface area contributed by atoms with Crippen LogP contribution in [0.5, 0.6) is 0 Å². The zero-order chi connectivity index (χ0) is 12.3. The van der Waals surface area contributed by atoms with Crippen LogP contribution in [0.1, 0.15) is 36.7 Å². The van der Waals surface area contributed by atoms with E-state index in [9.17, 15) is 4.39 Å².